The fourth-order valence-electron chi connectivity index (χ4n) is 3.64. The van der Waals surface area contributed by atoms with E-state index >= 15 is 0 Å². The number of carbonyl (C=O) groups is 1. The Hall–Kier alpha value is -2.55. The number of aryl methyl sites for hydroxylation is 2. The summed E-state index contributed by atoms with van der Waals surface area (Å²) in [6, 6.07) is 9.16. The fraction of sp³-hybridized carbons (Fsp3) is 0.500. The van der Waals surface area contributed by atoms with Gasteiger partial charge in [0.15, 0.2) is 0 Å². The molecule has 1 aliphatic heterocycles. The molecule has 1 saturated heterocycles. The standard InChI is InChI=1S/C20H26F3N5O/c1-14-8-15(2)28(26-14)12-16-4-3-5-18(9-16)25-19(29)24-10-17-6-7-27(11-17)13-20(21,22)23/h3-5,8-9,17H,6-7,10-13H2,1-2H3,(H2,24,25,29). The number of aromatic nitrogens is 2. The first-order chi connectivity index (χ1) is 13.7. The number of carbonyl (C=O) groups excluding carboxylic acids is 1. The van der Waals surface area contributed by atoms with Gasteiger partial charge < -0.3 is 10.6 Å². The Morgan fingerprint density at radius 3 is 2.76 bits per heavy atom. The third kappa shape index (κ3) is 6.49. The molecule has 158 valence electrons. The van der Waals surface area contributed by atoms with Crippen molar-refractivity contribution in [3.05, 3.63) is 47.3 Å². The van der Waals surface area contributed by atoms with Crippen molar-refractivity contribution in [2.24, 2.45) is 5.92 Å². The second-order valence-electron chi connectivity index (χ2n) is 7.63. The second-order valence-corrected chi connectivity index (χ2v) is 7.63. The van der Waals surface area contributed by atoms with Gasteiger partial charge in [-0.1, -0.05) is 12.1 Å². The van der Waals surface area contributed by atoms with E-state index in [0.717, 1.165) is 17.0 Å². The van der Waals surface area contributed by atoms with E-state index in [4.69, 9.17) is 0 Å². The first-order valence-corrected chi connectivity index (χ1v) is 9.62. The van der Waals surface area contributed by atoms with E-state index in [9.17, 15) is 18.0 Å². The predicted molar refractivity (Wildman–Crippen MR) is 105 cm³/mol. The van der Waals surface area contributed by atoms with Gasteiger partial charge >= 0.3 is 12.2 Å². The topological polar surface area (TPSA) is 62.2 Å². The number of rotatable bonds is 6. The minimum atomic E-state index is -4.18. The molecular formula is C20H26F3N5O. The van der Waals surface area contributed by atoms with Gasteiger partial charge in [0, 0.05) is 24.5 Å². The smallest absolute Gasteiger partial charge is 0.338 e. The van der Waals surface area contributed by atoms with Crippen molar-refractivity contribution in [1.82, 2.24) is 20.0 Å². The van der Waals surface area contributed by atoms with Crippen molar-refractivity contribution in [2.45, 2.75) is 33.0 Å². The molecule has 9 heteroatoms. The average molecular weight is 409 g/mol. The van der Waals surface area contributed by atoms with Crippen LogP contribution in [-0.4, -0.2) is 53.1 Å². The molecule has 29 heavy (non-hydrogen) atoms. The quantitative estimate of drug-likeness (QED) is 0.767. The SMILES string of the molecule is Cc1cc(C)n(Cc2cccc(NC(=O)NCC3CCN(CC(F)(F)F)C3)c2)n1. The number of amides is 2. The van der Waals surface area contributed by atoms with Crippen LogP contribution in [0.2, 0.25) is 0 Å². The molecule has 0 bridgehead atoms. The molecule has 2 N–H and O–H groups in total. The number of nitrogens with zero attached hydrogens (tertiary/aromatic N) is 3. The van der Waals surface area contributed by atoms with E-state index < -0.39 is 12.7 Å². The van der Waals surface area contributed by atoms with Crippen molar-refractivity contribution in [2.75, 3.05) is 31.5 Å². The van der Waals surface area contributed by atoms with Gasteiger partial charge in [-0.3, -0.25) is 9.58 Å². The van der Waals surface area contributed by atoms with Crippen LogP contribution in [0.3, 0.4) is 0 Å². The number of urea groups is 1. The molecule has 1 aromatic heterocycles. The average Bonchev–Trinajstić information content (AvgIpc) is 3.17. The number of hydrogen-bond acceptors (Lipinski definition) is 3. The van der Waals surface area contributed by atoms with Crippen molar-refractivity contribution >= 4 is 11.7 Å². The van der Waals surface area contributed by atoms with Crippen molar-refractivity contribution in [1.29, 1.82) is 0 Å². The predicted octanol–water partition coefficient (Wildman–Crippen LogP) is 3.55. The maximum Gasteiger partial charge on any atom is 0.401 e. The lowest BCUT2D eigenvalue weighted by atomic mass is 10.1. The zero-order chi connectivity index (χ0) is 21.0. The summed E-state index contributed by atoms with van der Waals surface area (Å²) in [7, 11) is 0. The lowest BCUT2D eigenvalue weighted by Gasteiger charge is -2.18. The van der Waals surface area contributed by atoms with Crippen LogP contribution in [0.4, 0.5) is 23.7 Å². The van der Waals surface area contributed by atoms with Crippen molar-refractivity contribution in [3.8, 4) is 0 Å². The molecule has 1 fully saturated rings. The van der Waals surface area contributed by atoms with Crippen LogP contribution in [-0.2, 0) is 6.54 Å². The molecule has 1 unspecified atom stereocenters. The van der Waals surface area contributed by atoms with Gasteiger partial charge in [0.1, 0.15) is 0 Å². The number of hydrogen-bond donors (Lipinski definition) is 2. The van der Waals surface area contributed by atoms with Gasteiger partial charge in [0.05, 0.1) is 18.8 Å². The molecular weight excluding hydrogens is 383 g/mol. The molecule has 2 aromatic rings. The molecule has 0 aliphatic carbocycles. The van der Waals surface area contributed by atoms with Gasteiger partial charge in [-0.25, -0.2) is 4.79 Å². The Kier molecular flexibility index (Phi) is 6.46. The minimum absolute atomic E-state index is 0.0282. The molecule has 6 nitrogen and oxygen atoms in total. The molecule has 0 saturated carbocycles. The summed E-state index contributed by atoms with van der Waals surface area (Å²) in [6.45, 7) is 4.75. The number of benzene rings is 1. The molecule has 2 heterocycles. The lowest BCUT2D eigenvalue weighted by Crippen LogP contribution is -2.36. The van der Waals surface area contributed by atoms with Crippen molar-refractivity contribution < 1.29 is 18.0 Å². The molecule has 0 spiro atoms. The van der Waals surface area contributed by atoms with Crippen LogP contribution in [0.15, 0.2) is 30.3 Å². The molecule has 1 atom stereocenters. The largest absolute Gasteiger partial charge is 0.401 e. The summed E-state index contributed by atoms with van der Waals surface area (Å²) in [6.07, 6.45) is -3.54. The number of likely N-dealkylation sites (tertiary alicyclic amines) is 1. The molecule has 2 amide bonds. The van der Waals surface area contributed by atoms with Crippen LogP contribution in [0.25, 0.3) is 0 Å². The van der Waals surface area contributed by atoms with Crippen LogP contribution in [0.1, 0.15) is 23.4 Å². The highest BCUT2D eigenvalue weighted by Crippen LogP contribution is 2.22. The van der Waals surface area contributed by atoms with E-state index in [1.807, 2.05) is 42.8 Å². The first kappa shape index (κ1) is 21.2. The summed E-state index contributed by atoms with van der Waals surface area (Å²) in [4.78, 5) is 13.6. The van der Waals surface area contributed by atoms with Crippen LogP contribution < -0.4 is 10.6 Å². The first-order valence-electron chi connectivity index (χ1n) is 9.62. The van der Waals surface area contributed by atoms with E-state index in [0.29, 0.717) is 38.3 Å². The van der Waals surface area contributed by atoms with Crippen LogP contribution in [0.5, 0.6) is 0 Å². The second kappa shape index (κ2) is 8.86. The Labute approximate surface area is 168 Å². The van der Waals surface area contributed by atoms with Gasteiger partial charge in [-0.2, -0.15) is 18.3 Å². The monoisotopic (exact) mass is 409 g/mol. The van der Waals surface area contributed by atoms with E-state index in [1.54, 1.807) is 6.07 Å². The van der Waals surface area contributed by atoms with E-state index in [-0.39, 0.29) is 11.9 Å². The normalized spacial score (nSPS) is 17.5. The maximum atomic E-state index is 12.5. The highest BCUT2D eigenvalue weighted by Gasteiger charge is 2.34. The van der Waals surface area contributed by atoms with Crippen LogP contribution in [0, 0.1) is 19.8 Å². The Morgan fingerprint density at radius 2 is 2.07 bits per heavy atom. The Balaban J connectivity index is 1.47. The molecule has 1 aliphatic rings. The number of halogens is 3. The number of nitrogens with one attached hydrogen (secondary N) is 2. The summed E-state index contributed by atoms with van der Waals surface area (Å²) in [5, 5.41) is 9.99. The lowest BCUT2D eigenvalue weighted by molar-refractivity contribution is -0.143. The van der Waals surface area contributed by atoms with Gasteiger partial charge in [0.25, 0.3) is 0 Å². The van der Waals surface area contributed by atoms with E-state index in [2.05, 4.69) is 15.7 Å². The summed E-state index contributed by atoms with van der Waals surface area (Å²) in [5.41, 5.74) is 3.69. The summed E-state index contributed by atoms with van der Waals surface area (Å²) >= 11 is 0. The number of alkyl halides is 3. The highest BCUT2D eigenvalue weighted by atomic mass is 19.4. The molecule has 3 rings (SSSR count). The maximum absolute atomic E-state index is 12.5. The minimum Gasteiger partial charge on any atom is -0.338 e. The zero-order valence-corrected chi connectivity index (χ0v) is 16.6. The van der Waals surface area contributed by atoms with Crippen molar-refractivity contribution in [3.63, 3.8) is 0 Å². The van der Waals surface area contributed by atoms with Gasteiger partial charge in [-0.15, -0.1) is 0 Å². The number of anilines is 1. The highest BCUT2D eigenvalue weighted by molar-refractivity contribution is 5.89. The third-order valence-corrected chi connectivity index (χ3v) is 4.94. The van der Waals surface area contributed by atoms with E-state index in [1.165, 1.54) is 4.90 Å². The Morgan fingerprint density at radius 1 is 1.28 bits per heavy atom. The van der Waals surface area contributed by atoms with Gasteiger partial charge in [0.2, 0.25) is 0 Å². The Bertz CT molecular complexity index is 849. The van der Waals surface area contributed by atoms with Gasteiger partial charge in [-0.05, 0) is 56.5 Å². The third-order valence-electron chi connectivity index (χ3n) is 4.94. The zero-order valence-electron chi connectivity index (χ0n) is 16.6. The van der Waals surface area contributed by atoms with Crippen LogP contribution >= 0.6 is 0 Å². The summed E-state index contributed by atoms with van der Waals surface area (Å²) in [5.74, 6) is 0.0282. The fourth-order valence-corrected chi connectivity index (χ4v) is 3.64. The molecule has 0 radical (unpaired) electrons. The summed E-state index contributed by atoms with van der Waals surface area (Å²) < 4.78 is 39.3. The molecule has 1 aromatic carbocycles.